The van der Waals surface area contributed by atoms with E-state index < -0.39 is 22.1 Å². The van der Waals surface area contributed by atoms with E-state index in [4.69, 9.17) is 5.11 Å². The van der Waals surface area contributed by atoms with Gasteiger partial charge in [-0.15, -0.1) is 0 Å². The van der Waals surface area contributed by atoms with Crippen LogP contribution in [0.1, 0.15) is 19.8 Å². The van der Waals surface area contributed by atoms with E-state index in [0.717, 1.165) is 12.8 Å². The van der Waals surface area contributed by atoms with E-state index in [1.54, 1.807) is 6.92 Å². The normalized spacial score (nSPS) is 31.8. The first-order chi connectivity index (χ1) is 7.40. The van der Waals surface area contributed by atoms with Crippen LogP contribution in [0.15, 0.2) is 0 Å². The van der Waals surface area contributed by atoms with Crippen molar-refractivity contribution < 1.29 is 18.3 Å². The molecule has 2 aliphatic rings. The van der Waals surface area contributed by atoms with Crippen molar-refractivity contribution in [3.8, 4) is 0 Å². The number of carboxylic acids is 1. The van der Waals surface area contributed by atoms with Crippen LogP contribution in [-0.4, -0.2) is 42.9 Å². The Morgan fingerprint density at radius 1 is 1.38 bits per heavy atom. The number of hydrogen-bond donors (Lipinski definition) is 2. The predicted molar refractivity (Wildman–Crippen MR) is 56.9 cm³/mol. The van der Waals surface area contributed by atoms with Crippen LogP contribution in [0.2, 0.25) is 0 Å². The van der Waals surface area contributed by atoms with Gasteiger partial charge in [-0.2, -0.15) is 17.4 Å². The molecule has 0 radical (unpaired) electrons. The minimum absolute atomic E-state index is 0.0594. The van der Waals surface area contributed by atoms with Crippen molar-refractivity contribution in [2.24, 2.45) is 11.8 Å². The van der Waals surface area contributed by atoms with Gasteiger partial charge in [-0.05, 0) is 18.8 Å². The number of carboxylic acid groups (broad SMARTS) is 1. The molecule has 2 atom stereocenters. The lowest BCUT2D eigenvalue weighted by atomic mass is 9.99. The summed E-state index contributed by atoms with van der Waals surface area (Å²) in [6.07, 6.45) is 1.76. The van der Waals surface area contributed by atoms with Crippen molar-refractivity contribution in [3.63, 3.8) is 0 Å². The summed E-state index contributed by atoms with van der Waals surface area (Å²) in [5.74, 6) is -1.64. The van der Waals surface area contributed by atoms with E-state index in [-0.39, 0.29) is 18.5 Å². The van der Waals surface area contributed by atoms with Gasteiger partial charge in [0.2, 0.25) is 0 Å². The summed E-state index contributed by atoms with van der Waals surface area (Å²) in [4.78, 5) is 10.9. The Kier molecular flexibility index (Phi) is 2.93. The van der Waals surface area contributed by atoms with Gasteiger partial charge in [0, 0.05) is 19.1 Å². The Morgan fingerprint density at radius 2 is 2.00 bits per heavy atom. The minimum atomic E-state index is -3.48. The third kappa shape index (κ3) is 2.36. The molecule has 7 heteroatoms. The third-order valence-electron chi connectivity index (χ3n) is 3.13. The highest BCUT2D eigenvalue weighted by molar-refractivity contribution is 7.87. The van der Waals surface area contributed by atoms with Crippen LogP contribution in [0.3, 0.4) is 0 Å². The highest BCUT2D eigenvalue weighted by Gasteiger charge is 2.41. The van der Waals surface area contributed by atoms with E-state index in [9.17, 15) is 13.2 Å². The molecule has 0 aromatic heterocycles. The maximum absolute atomic E-state index is 11.8. The van der Waals surface area contributed by atoms with Crippen molar-refractivity contribution in [1.29, 1.82) is 0 Å². The Balaban J connectivity index is 2.03. The fourth-order valence-electron chi connectivity index (χ4n) is 1.93. The molecule has 1 saturated heterocycles. The van der Waals surface area contributed by atoms with Crippen molar-refractivity contribution in [3.05, 3.63) is 0 Å². The standard InChI is InChI=1S/C9H16N2O4S/c1-6-4-11(5-8(6)9(12)13)16(14,15)10-7-2-3-7/h6-8,10H,2-5H2,1H3,(H,12,13)/t6-,8-/m1/s1. The maximum Gasteiger partial charge on any atom is 0.308 e. The average Bonchev–Trinajstić information content (AvgIpc) is 2.84. The predicted octanol–water partition coefficient (Wildman–Crippen LogP) is -0.364. The summed E-state index contributed by atoms with van der Waals surface area (Å²) in [6, 6.07) is 0.0594. The largest absolute Gasteiger partial charge is 0.481 e. The van der Waals surface area contributed by atoms with Crippen molar-refractivity contribution in [2.75, 3.05) is 13.1 Å². The molecule has 0 unspecified atom stereocenters. The van der Waals surface area contributed by atoms with E-state index in [1.165, 1.54) is 4.31 Å². The van der Waals surface area contributed by atoms with Crippen molar-refractivity contribution >= 4 is 16.2 Å². The number of rotatable bonds is 4. The van der Waals surface area contributed by atoms with E-state index in [0.29, 0.717) is 6.54 Å². The molecular formula is C9H16N2O4S. The first-order valence-electron chi connectivity index (χ1n) is 5.40. The Morgan fingerprint density at radius 3 is 2.44 bits per heavy atom. The van der Waals surface area contributed by atoms with E-state index in [1.807, 2.05) is 0 Å². The molecule has 1 saturated carbocycles. The Bertz CT molecular complexity index is 390. The summed E-state index contributed by atoms with van der Waals surface area (Å²) in [6.45, 7) is 2.14. The Hall–Kier alpha value is -0.660. The zero-order valence-electron chi connectivity index (χ0n) is 9.09. The van der Waals surface area contributed by atoms with Gasteiger partial charge in [0.25, 0.3) is 10.2 Å². The first kappa shape index (κ1) is 11.8. The lowest BCUT2D eigenvalue weighted by Gasteiger charge is -2.16. The zero-order valence-corrected chi connectivity index (χ0v) is 9.90. The number of carbonyl (C=O) groups is 1. The molecule has 1 aliphatic heterocycles. The Labute approximate surface area is 94.8 Å². The fraction of sp³-hybridized carbons (Fsp3) is 0.889. The van der Waals surface area contributed by atoms with Crippen molar-refractivity contribution in [2.45, 2.75) is 25.8 Å². The van der Waals surface area contributed by atoms with Gasteiger partial charge in [0.05, 0.1) is 5.92 Å². The molecular weight excluding hydrogens is 232 g/mol. The highest BCUT2D eigenvalue weighted by Crippen LogP contribution is 2.27. The summed E-state index contributed by atoms with van der Waals surface area (Å²) in [5.41, 5.74) is 0. The monoisotopic (exact) mass is 248 g/mol. The van der Waals surface area contributed by atoms with Crippen LogP contribution in [0.5, 0.6) is 0 Å². The molecule has 2 fully saturated rings. The molecule has 0 aromatic carbocycles. The second-order valence-electron chi connectivity index (χ2n) is 4.64. The summed E-state index contributed by atoms with van der Waals surface area (Å²) in [5, 5.41) is 8.92. The van der Waals surface area contributed by atoms with Crippen LogP contribution >= 0.6 is 0 Å². The second-order valence-corrected chi connectivity index (χ2v) is 6.34. The lowest BCUT2D eigenvalue weighted by Crippen LogP contribution is -2.40. The molecule has 2 N–H and O–H groups in total. The number of nitrogens with one attached hydrogen (secondary N) is 1. The fourth-order valence-corrected chi connectivity index (χ4v) is 3.52. The van der Waals surface area contributed by atoms with E-state index >= 15 is 0 Å². The van der Waals surface area contributed by atoms with Gasteiger partial charge in [-0.25, -0.2) is 0 Å². The summed E-state index contributed by atoms with van der Waals surface area (Å²) < 4.78 is 27.4. The smallest absolute Gasteiger partial charge is 0.308 e. The van der Waals surface area contributed by atoms with Crippen molar-refractivity contribution in [1.82, 2.24) is 9.03 Å². The van der Waals surface area contributed by atoms with Gasteiger partial charge in [0.15, 0.2) is 0 Å². The second kappa shape index (κ2) is 3.97. The van der Waals surface area contributed by atoms with Gasteiger partial charge >= 0.3 is 5.97 Å². The molecule has 1 heterocycles. The molecule has 2 rings (SSSR count). The number of nitrogens with zero attached hydrogens (tertiary/aromatic N) is 1. The van der Waals surface area contributed by atoms with E-state index in [2.05, 4.69) is 4.72 Å². The highest BCUT2D eigenvalue weighted by atomic mass is 32.2. The molecule has 0 amide bonds. The molecule has 0 spiro atoms. The zero-order chi connectivity index (χ0) is 11.9. The van der Waals surface area contributed by atoms with Gasteiger partial charge in [-0.1, -0.05) is 6.92 Å². The van der Waals surface area contributed by atoms with Gasteiger partial charge in [-0.3, -0.25) is 4.79 Å². The maximum atomic E-state index is 11.8. The molecule has 6 nitrogen and oxygen atoms in total. The quantitative estimate of drug-likeness (QED) is 0.711. The molecule has 16 heavy (non-hydrogen) atoms. The molecule has 92 valence electrons. The molecule has 1 aliphatic carbocycles. The van der Waals surface area contributed by atoms with Crippen LogP contribution in [0, 0.1) is 11.8 Å². The average molecular weight is 248 g/mol. The van der Waals surface area contributed by atoms with Crippen LogP contribution < -0.4 is 4.72 Å². The van der Waals surface area contributed by atoms with Gasteiger partial charge < -0.3 is 5.11 Å². The SMILES string of the molecule is C[C@@H]1CN(S(=O)(=O)NC2CC2)C[C@H]1C(=O)O. The topological polar surface area (TPSA) is 86.7 Å². The van der Waals surface area contributed by atoms with Crippen LogP contribution in [-0.2, 0) is 15.0 Å². The third-order valence-corrected chi connectivity index (χ3v) is 4.74. The lowest BCUT2D eigenvalue weighted by molar-refractivity contribution is -0.142. The summed E-state index contributed by atoms with van der Waals surface area (Å²) >= 11 is 0. The molecule has 0 aromatic rings. The molecule has 0 bridgehead atoms. The number of aliphatic carboxylic acids is 1. The number of hydrogen-bond acceptors (Lipinski definition) is 3. The minimum Gasteiger partial charge on any atom is -0.481 e. The van der Waals surface area contributed by atoms with Gasteiger partial charge in [0.1, 0.15) is 0 Å². The summed E-state index contributed by atoms with van der Waals surface area (Å²) in [7, 11) is -3.48. The van der Waals surface area contributed by atoms with Crippen LogP contribution in [0.4, 0.5) is 0 Å². The van der Waals surface area contributed by atoms with Crippen LogP contribution in [0.25, 0.3) is 0 Å². The first-order valence-corrected chi connectivity index (χ1v) is 6.84.